The molecule has 1 heterocycles. The van der Waals surface area contributed by atoms with E-state index in [0.29, 0.717) is 12.0 Å². The van der Waals surface area contributed by atoms with Gasteiger partial charge in [-0.05, 0) is 57.5 Å². The van der Waals surface area contributed by atoms with Crippen LogP contribution in [0.5, 0.6) is 0 Å². The third-order valence-electron chi connectivity index (χ3n) is 4.90. The highest BCUT2D eigenvalue weighted by Crippen LogP contribution is 2.36. The summed E-state index contributed by atoms with van der Waals surface area (Å²) in [6.45, 7) is 2.88. The number of sulfonamides is 1. The Hall–Kier alpha value is -0.130. The zero-order valence-corrected chi connectivity index (χ0v) is 12.5. The van der Waals surface area contributed by atoms with Gasteiger partial charge in [-0.15, -0.1) is 0 Å². The summed E-state index contributed by atoms with van der Waals surface area (Å²) in [5, 5.41) is 3.28. The van der Waals surface area contributed by atoms with Gasteiger partial charge in [0.25, 0.3) is 0 Å². The summed E-state index contributed by atoms with van der Waals surface area (Å²) in [5.41, 5.74) is 0. The fourth-order valence-corrected chi connectivity index (χ4v) is 5.88. The summed E-state index contributed by atoms with van der Waals surface area (Å²) >= 11 is 0. The van der Waals surface area contributed by atoms with Gasteiger partial charge in [0, 0.05) is 12.6 Å². The largest absolute Gasteiger partial charge is 0.317 e. The van der Waals surface area contributed by atoms with Crippen LogP contribution < -0.4 is 5.32 Å². The quantitative estimate of drug-likeness (QED) is 0.837. The van der Waals surface area contributed by atoms with Gasteiger partial charge >= 0.3 is 0 Å². The van der Waals surface area contributed by atoms with Crippen LogP contribution in [0.15, 0.2) is 0 Å². The van der Waals surface area contributed by atoms with Crippen LogP contribution in [-0.2, 0) is 10.0 Å². The number of rotatable bonds is 5. The van der Waals surface area contributed by atoms with E-state index in [0.717, 1.165) is 71.0 Å². The second-order valence-electron chi connectivity index (χ2n) is 6.45. The molecule has 2 aliphatic carbocycles. The Bertz CT molecular complexity index is 394. The lowest BCUT2D eigenvalue weighted by Crippen LogP contribution is -2.44. The molecule has 3 fully saturated rings. The van der Waals surface area contributed by atoms with Crippen molar-refractivity contribution in [1.82, 2.24) is 9.62 Å². The Morgan fingerprint density at radius 1 is 0.947 bits per heavy atom. The van der Waals surface area contributed by atoms with Gasteiger partial charge in [0.05, 0.1) is 5.25 Å². The highest BCUT2D eigenvalue weighted by Gasteiger charge is 2.42. The molecule has 5 heteroatoms. The van der Waals surface area contributed by atoms with E-state index in [1.165, 1.54) is 0 Å². The Morgan fingerprint density at radius 3 is 2.16 bits per heavy atom. The smallest absolute Gasteiger partial charge is 0.217 e. The van der Waals surface area contributed by atoms with Crippen LogP contribution in [0, 0.1) is 5.92 Å². The fourth-order valence-electron chi connectivity index (χ4n) is 3.52. The molecule has 4 nitrogen and oxygen atoms in total. The molecule has 0 aromatic carbocycles. The van der Waals surface area contributed by atoms with Crippen molar-refractivity contribution < 1.29 is 8.42 Å². The maximum Gasteiger partial charge on any atom is 0.217 e. The maximum absolute atomic E-state index is 12.8. The van der Waals surface area contributed by atoms with Crippen molar-refractivity contribution in [3.05, 3.63) is 0 Å². The van der Waals surface area contributed by atoms with Crippen molar-refractivity contribution >= 4 is 10.0 Å². The summed E-state index contributed by atoms with van der Waals surface area (Å²) < 4.78 is 27.5. The molecule has 0 aromatic rings. The Kier molecular flexibility index (Phi) is 4.15. The molecule has 1 aliphatic heterocycles. The summed E-state index contributed by atoms with van der Waals surface area (Å²) in [6.07, 6.45) is 8.38. The number of nitrogens with zero attached hydrogens (tertiary/aromatic N) is 1. The Morgan fingerprint density at radius 2 is 1.58 bits per heavy atom. The van der Waals surface area contributed by atoms with E-state index in [4.69, 9.17) is 0 Å². The topological polar surface area (TPSA) is 49.4 Å². The monoisotopic (exact) mass is 286 g/mol. The first-order valence-corrected chi connectivity index (χ1v) is 9.39. The van der Waals surface area contributed by atoms with Gasteiger partial charge in [0.15, 0.2) is 0 Å². The van der Waals surface area contributed by atoms with E-state index >= 15 is 0 Å². The predicted molar refractivity (Wildman–Crippen MR) is 76.5 cm³/mol. The molecular weight excluding hydrogens is 260 g/mol. The first kappa shape index (κ1) is 13.8. The van der Waals surface area contributed by atoms with Gasteiger partial charge in [-0.25, -0.2) is 8.42 Å². The summed E-state index contributed by atoms with van der Waals surface area (Å²) in [4.78, 5) is 0. The molecule has 19 heavy (non-hydrogen) atoms. The minimum atomic E-state index is -3.02. The zero-order chi connectivity index (χ0) is 13.3. The second-order valence-corrected chi connectivity index (χ2v) is 8.61. The molecule has 3 aliphatic rings. The van der Waals surface area contributed by atoms with Gasteiger partial charge in [-0.1, -0.05) is 12.8 Å². The summed E-state index contributed by atoms with van der Waals surface area (Å²) in [7, 11) is -3.02. The molecular formula is C14H26N2O2S. The van der Waals surface area contributed by atoms with Crippen LogP contribution >= 0.6 is 0 Å². The third kappa shape index (κ3) is 3.14. The third-order valence-corrected chi connectivity index (χ3v) is 7.32. The van der Waals surface area contributed by atoms with E-state index in [9.17, 15) is 8.42 Å². The SMILES string of the molecule is O=S(=O)(C1CCCC1)N(CC1CCNCC1)C1CC1. The van der Waals surface area contributed by atoms with E-state index in [1.807, 2.05) is 4.31 Å². The van der Waals surface area contributed by atoms with E-state index in [2.05, 4.69) is 5.32 Å². The minimum absolute atomic E-state index is 0.0742. The van der Waals surface area contributed by atoms with Gasteiger partial charge < -0.3 is 5.32 Å². The highest BCUT2D eigenvalue weighted by atomic mass is 32.2. The predicted octanol–water partition coefficient (Wildman–Crippen LogP) is 1.72. The molecule has 0 radical (unpaired) electrons. The van der Waals surface area contributed by atoms with Crippen molar-refractivity contribution in [3.63, 3.8) is 0 Å². The average molecular weight is 286 g/mol. The van der Waals surface area contributed by atoms with Gasteiger partial charge in [0.1, 0.15) is 0 Å². The van der Waals surface area contributed by atoms with Gasteiger partial charge in [0.2, 0.25) is 10.0 Å². The lowest BCUT2D eigenvalue weighted by Gasteiger charge is -2.31. The van der Waals surface area contributed by atoms with E-state index in [1.54, 1.807) is 0 Å². The van der Waals surface area contributed by atoms with Gasteiger partial charge in [-0.2, -0.15) is 4.31 Å². The fraction of sp³-hybridized carbons (Fsp3) is 1.00. The van der Waals surface area contributed by atoms with Crippen molar-refractivity contribution in [1.29, 1.82) is 0 Å². The molecule has 0 spiro atoms. The van der Waals surface area contributed by atoms with Gasteiger partial charge in [-0.3, -0.25) is 0 Å². The average Bonchev–Trinajstić information content (AvgIpc) is 3.09. The lowest BCUT2D eigenvalue weighted by molar-refractivity contribution is 0.281. The molecule has 110 valence electrons. The van der Waals surface area contributed by atoms with Crippen molar-refractivity contribution in [2.24, 2.45) is 5.92 Å². The van der Waals surface area contributed by atoms with Crippen LogP contribution in [-0.4, -0.2) is 43.6 Å². The number of piperidine rings is 1. The number of nitrogens with one attached hydrogen (secondary N) is 1. The molecule has 1 saturated heterocycles. The van der Waals surface area contributed by atoms with Crippen LogP contribution in [0.3, 0.4) is 0 Å². The first-order valence-electron chi connectivity index (χ1n) is 7.89. The molecule has 1 N–H and O–H groups in total. The highest BCUT2D eigenvalue weighted by molar-refractivity contribution is 7.89. The van der Waals surface area contributed by atoms with Crippen LogP contribution in [0.1, 0.15) is 51.4 Å². The Labute approximate surface area is 117 Å². The molecule has 0 unspecified atom stereocenters. The lowest BCUT2D eigenvalue weighted by atomic mass is 9.98. The van der Waals surface area contributed by atoms with Crippen molar-refractivity contribution in [2.75, 3.05) is 19.6 Å². The normalized spacial score (nSPS) is 27.2. The summed E-state index contributed by atoms with van der Waals surface area (Å²) in [5.74, 6) is 0.568. The number of hydrogen-bond donors (Lipinski definition) is 1. The molecule has 2 saturated carbocycles. The van der Waals surface area contributed by atoms with Crippen LogP contribution in [0.2, 0.25) is 0 Å². The van der Waals surface area contributed by atoms with Crippen LogP contribution in [0.25, 0.3) is 0 Å². The zero-order valence-electron chi connectivity index (χ0n) is 11.7. The van der Waals surface area contributed by atoms with Crippen LogP contribution in [0.4, 0.5) is 0 Å². The molecule has 0 aromatic heterocycles. The van der Waals surface area contributed by atoms with E-state index in [-0.39, 0.29) is 5.25 Å². The first-order chi connectivity index (χ1) is 9.18. The molecule has 3 rings (SSSR count). The van der Waals surface area contributed by atoms with Crippen molar-refractivity contribution in [2.45, 2.75) is 62.7 Å². The maximum atomic E-state index is 12.8. The number of hydrogen-bond acceptors (Lipinski definition) is 3. The second kappa shape index (κ2) is 5.70. The van der Waals surface area contributed by atoms with E-state index < -0.39 is 10.0 Å². The summed E-state index contributed by atoms with van der Waals surface area (Å²) in [6, 6.07) is 0.334. The molecule has 0 amide bonds. The molecule has 0 bridgehead atoms. The minimum Gasteiger partial charge on any atom is -0.317 e. The molecule has 0 atom stereocenters. The standard InChI is InChI=1S/C14H26N2O2S/c17-19(18,14-3-1-2-4-14)16(13-5-6-13)11-12-7-9-15-10-8-12/h12-15H,1-11H2. The van der Waals surface area contributed by atoms with Crippen molar-refractivity contribution in [3.8, 4) is 0 Å². The Balaban J connectivity index is 1.69.